The summed E-state index contributed by atoms with van der Waals surface area (Å²) in [6, 6.07) is 27.8. The van der Waals surface area contributed by atoms with Crippen LogP contribution in [0.15, 0.2) is 103 Å². The number of carbonyl (C=O) groups excluding carboxylic acids is 5. The van der Waals surface area contributed by atoms with Crippen molar-refractivity contribution in [1.82, 2.24) is 4.90 Å². The van der Waals surface area contributed by atoms with Gasteiger partial charge in [-0.25, -0.2) is 4.90 Å². The average molecular weight is 530 g/mol. The number of amides is 4. The molecule has 8 heteroatoms. The Bertz CT molecular complexity index is 1680. The fraction of sp³-hybridized carbons (Fsp3) is 0.0938. The molecule has 0 spiro atoms. The van der Waals surface area contributed by atoms with Crippen LogP contribution in [0.3, 0.4) is 0 Å². The molecule has 4 aromatic carbocycles. The van der Waals surface area contributed by atoms with Crippen LogP contribution in [0.2, 0.25) is 0 Å². The highest BCUT2D eigenvalue weighted by molar-refractivity contribution is 6.34. The molecule has 0 aromatic heterocycles. The van der Waals surface area contributed by atoms with E-state index in [1.807, 2.05) is 36.4 Å². The second-order valence-corrected chi connectivity index (χ2v) is 9.68. The Morgan fingerprint density at radius 1 is 0.700 bits per heavy atom. The number of nitrogens with zero attached hydrogens (tertiary/aromatic N) is 2. The van der Waals surface area contributed by atoms with Crippen LogP contribution in [0.5, 0.6) is 0 Å². The van der Waals surface area contributed by atoms with Gasteiger partial charge in [0, 0.05) is 23.7 Å². The number of benzene rings is 4. The number of imide groups is 1. The van der Waals surface area contributed by atoms with Gasteiger partial charge in [0.25, 0.3) is 17.7 Å². The van der Waals surface area contributed by atoms with E-state index < -0.39 is 29.8 Å². The minimum Gasteiger partial charge on any atom is -0.326 e. The summed E-state index contributed by atoms with van der Waals surface area (Å²) in [6.07, 6.45) is 0. The van der Waals surface area contributed by atoms with Crippen LogP contribution >= 0.6 is 0 Å². The molecule has 196 valence electrons. The first kappa shape index (κ1) is 24.9. The summed E-state index contributed by atoms with van der Waals surface area (Å²) in [6.45, 7) is 1.39. The van der Waals surface area contributed by atoms with Gasteiger partial charge in [-0.15, -0.1) is 0 Å². The van der Waals surface area contributed by atoms with E-state index in [1.54, 1.807) is 48.5 Å². The van der Waals surface area contributed by atoms with Crippen LogP contribution in [0, 0.1) is 0 Å². The lowest BCUT2D eigenvalue weighted by atomic mass is 10.0. The van der Waals surface area contributed by atoms with Gasteiger partial charge in [-0.05, 0) is 48.0 Å². The van der Waals surface area contributed by atoms with Crippen LogP contribution in [-0.2, 0) is 4.79 Å². The lowest BCUT2D eigenvalue weighted by Gasteiger charge is -2.14. The maximum absolute atomic E-state index is 13.7. The predicted octanol–water partition coefficient (Wildman–Crippen LogP) is 4.89. The quantitative estimate of drug-likeness (QED) is 0.218. The zero-order valence-electron chi connectivity index (χ0n) is 21.4. The average Bonchev–Trinajstić information content (AvgIpc) is 3.67. The Balaban J connectivity index is 1.29. The summed E-state index contributed by atoms with van der Waals surface area (Å²) in [7, 11) is 0. The van der Waals surface area contributed by atoms with Crippen molar-refractivity contribution in [2.24, 2.45) is 0 Å². The molecule has 1 N–H and O–H groups in total. The van der Waals surface area contributed by atoms with E-state index >= 15 is 0 Å². The topological polar surface area (TPSA) is 104 Å². The van der Waals surface area contributed by atoms with E-state index in [0.717, 1.165) is 10.5 Å². The third kappa shape index (κ3) is 4.25. The van der Waals surface area contributed by atoms with E-state index in [1.165, 1.54) is 30.0 Å². The molecule has 8 nitrogen and oxygen atoms in total. The largest absolute Gasteiger partial charge is 0.326 e. The van der Waals surface area contributed by atoms with Gasteiger partial charge in [0.2, 0.25) is 5.91 Å². The zero-order chi connectivity index (χ0) is 28.0. The van der Waals surface area contributed by atoms with Gasteiger partial charge in [0.15, 0.2) is 5.78 Å². The summed E-state index contributed by atoms with van der Waals surface area (Å²) in [4.78, 5) is 67.4. The molecule has 0 aliphatic carbocycles. The molecular formula is C32H23N3O5. The van der Waals surface area contributed by atoms with Gasteiger partial charge in [0.1, 0.15) is 6.04 Å². The molecule has 2 aliphatic rings. The Hall–Kier alpha value is -5.37. The van der Waals surface area contributed by atoms with Crippen molar-refractivity contribution < 1.29 is 24.0 Å². The van der Waals surface area contributed by atoms with Crippen molar-refractivity contribution in [1.29, 1.82) is 0 Å². The summed E-state index contributed by atoms with van der Waals surface area (Å²) < 4.78 is 0. The number of hydrogen-bond donors (Lipinski definition) is 1. The first-order valence-corrected chi connectivity index (χ1v) is 12.7. The molecule has 0 saturated carbocycles. The van der Waals surface area contributed by atoms with Gasteiger partial charge in [-0.1, -0.05) is 60.7 Å². The minimum absolute atomic E-state index is 0.117. The number of hydrogen-bond acceptors (Lipinski definition) is 5. The number of ketones is 1. The third-order valence-corrected chi connectivity index (χ3v) is 7.09. The zero-order valence-corrected chi connectivity index (χ0v) is 21.4. The van der Waals surface area contributed by atoms with Crippen molar-refractivity contribution in [3.05, 3.63) is 131 Å². The van der Waals surface area contributed by atoms with Crippen LogP contribution in [-0.4, -0.2) is 40.4 Å². The molecule has 1 saturated heterocycles. The highest BCUT2D eigenvalue weighted by atomic mass is 16.2. The van der Waals surface area contributed by atoms with Gasteiger partial charge in [-0.2, -0.15) is 0 Å². The molecule has 1 fully saturated rings. The normalized spacial score (nSPS) is 17.4. The predicted molar refractivity (Wildman–Crippen MR) is 148 cm³/mol. The number of carbonyl (C=O) groups is 5. The number of nitrogens with one attached hydrogen (secondary N) is 1. The summed E-state index contributed by atoms with van der Waals surface area (Å²) in [5.74, 6) is -1.85. The maximum Gasteiger partial charge on any atom is 0.266 e. The Morgan fingerprint density at radius 2 is 1.32 bits per heavy atom. The van der Waals surface area contributed by atoms with Crippen molar-refractivity contribution in [3.8, 4) is 0 Å². The van der Waals surface area contributed by atoms with Gasteiger partial charge >= 0.3 is 0 Å². The first-order chi connectivity index (χ1) is 19.3. The third-order valence-electron chi connectivity index (χ3n) is 7.09. The number of anilines is 2. The van der Waals surface area contributed by atoms with E-state index in [2.05, 4.69) is 5.32 Å². The molecule has 2 atom stereocenters. The summed E-state index contributed by atoms with van der Waals surface area (Å²) in [5, 5.41) is 2.64. The van der Waals surface area contributed by atoms with Gasteiger partial charge in [0.05, 0.1) is 22.9 Å². The standard InChI is InChI=1S/C32H23N3O5/c1-19(36)33-23-13-15-24(16-14-23)34-31(39)25-17-12-22(18-26(25)32(34)40)30(38)35-27(20-8-4-2-5-9-20)28(35)29(37)21-10-6-3-7-11-21/h2-18,27-28H,1H3,(H,33,36)/t27-,28+,35?/m0/s1. The summed E-state index contributed by atoms with van der Waals surface area (Å²) in [5.41, 5.74) is 2.75. The van der Waals surface area contributed by atoms with Crippen molar-refractivity contribution >= 4 is 40.8 Å². The molecule has 6 rings (SSSR count). The van der Waals surface area contributed by atoms with Crippen molar-refractivity contribution in [2.45, 2.75) is 19.0 Å². The fourth-order valence-electron chi connectivity index (χ4n) is 5.17. The highest BCUT2D eigenvalue weighted by Gasteiger charge is 2.56. The first-order valence-electron chi connectivity index (χ1n) is 12.7. The second-order valence-electron chi connectivity index (χ2n) is 9.68. The Morgan fingerprint density at radius 3 is 1.98 bits per heavy atom. The number of fused-ring (bicyclic) bond motifs is 1. The lowest BCUT2D eigenvalue weighted by Crippen LogP contribution is -2.29. The highest BCUT2D eigenvalue weighted by Crippen LogP contribution is 2.46. The molecule has 2 heterocycles. The van der Waals surface area contributed by atoms with Crippen LogP contribution in [0.4, 0.5) is 11.4 Å². The van der Waals surface area contributed by atoms with E-state index in [9.17, 15) is 24.0 Å². The molecule has 4 amide bonds. The lowest BCUT2D eigenvalue weighted by molar-refractivity contribution is -0.114. The van der Waals surface area contributed by atoms with Gasteiger partial charge in [-0.3, -0.25) is 24.0 Å². The van der Waals surface area contributed by atoms with Crippen LogP contribution < -0.4 is 10.2 Å². The monoisotopic (exact) mass is 529 g/mol. The van der Waals surface area contributed by atoms with Gasteiger partial charge < -0.3 is 10.2 Å². The van der Waals surface area contributed by atoms with Crippen LogP contribution in [0.25, 0.3) is 0 Å². The molecule has 2 aliphatic heterocycles. The second kappa shape index (κ2) is 9.74. The van der Waals surface area contributed by atoms with Crippen molar-refractivity contribution in [3.63, 3.8) is 0 Å². The molecule has 40 heavy (non-hydrogen) atoms. The fourth-order valence-corrected chi connectivity index (χ4v) is 5.17. The van der Waals surface area contributed by atoms with Crippen LogP contribution in [0.1, 0.15) is 60.0 Å². The van der Waals surface area contributed by atoms with Crippen molar-refractivity contribution in [2.75, 3.05) is 10.2 Å². The maximum atomic E-state index is 13.7. The van der Waals surface area contributed by atoms with E-state index in [4.69, 9.17) is 0 Å². The smallest absolute Gasteiger partial charge is 0.266 e. The molecular weight excluding hydrogens is 506 g/mol. The number of rotatable bonds is 6. The Labute approximate surface area is 229 Å². The van der Waals surface area contributed by atoms with E-state index in [-0.39, 0.29) is 28.4 Å². The minimum atomic E-state index is -0.679. The molecule has 4 aromatic rings. The van der Waals surface area contributed by atoms with E-state index in [0.29, 0.717) is 16.9 Å². The number of Topliss-reactive ketones (excluding diaryl/α,β-unsaturated/α-hetero) is 1. The molecule has 0 bridgehead atoms. The molecule has 0 unspecified atom stereocenters. The SMILES string of the molecule is CC(=O)Nc1ccc(N2C(=O)c3ccc(C(=O)N4[C@@H](C(=O)c5ccccc5)[C@@H]4c4ccccc4)cc3C2=O)cc1. The Kier molecular flexibility index (Phi) is 6.07. The molecule has 0 radical (unpaired) electrons. The summed E-state index contributed by atoms with van der Waals surface area (Å²) >= 11 is 0.